The third-order valence-corrected chi connectivity index (χ3v) is 7.95. The summed E-state index contributed by atoms with van der Waals surface area (Å²) >= 11 is 0.964. The fourth-order valence-corrected chi connectivity index (χ4v) is 5.71. The van der Waals surface area contributed by atoms with Crippen LogP contribution in [0.1, 0.15) is 16.1 Å². The molecule has 4 aromatic rings. The van der Waals surface area contributed by atoms with Crippen molar-refractivity contribution in [3.05, 3.63) is 97.4 Å². The van der Waals surface area contributed by atoms with Crippen molar-refractivity contribution in [3.8, 4) is 17.4 Å². The molecule has 1 aliphatic rings. The Labute approximate surface area is 249 Å². The summed E-state index contributed by atoms with van der Waals surface area (Å²) in [7, 11) is 1.29. The van der Waals surface area contributed by atoms with E-state index in [-0.39, 0.29) is 27.0 Å². The molecular weight excluding hydrogens is 575 g/mol. The lowest BCUT2D eigenvalue weighted by molar-refractivity contribution is -0.111. The van der Waals surface area contributed by atoms with Crippen LogP contribution in [0.5, 0.6) is 0 Å². The number of nitriles is 1. The van der Waals surface area contributed by atoms with Crippen molar-refractivity contribution in [2.24, 2.45) is 0 Å². The Morgan fingerprint density at radius 1 is 1.09 bits per heavy atom. The van der Waals surface area contributed by atoms with Crippen molar-refractivity contribution < 1.29 is 27.9 Å². The predicted molar refractivity (Wildman–Crippen MR) is 158 cm³/mol. The standard InChI is InChI=1S/C31H27FN4O6S/c1-40-31(39)22-7-3-2-6-21(22)26-11-10-20(42-26)18-27-29(38)36(13-12-35-14-16-41-17-15-35)30(43-27)23(19-33)28(37)34-25-9-5-4-8-24(25)32/h2-11,18H,12-17H2,1H3,(H,34,37)/b27-18+,30-23-. The number of methoxy groups -OCH3 is 1. The van der Waals surface area contributed by atoms with Crippen LogP contribution in [0, 0.1) is 17.1 Å². The van der Waals surface area contributed by atoms with Gasteiger partial charge in [-0.1, -0.05) is 30.3 Å². The second kappa shape index (κ2) is 13.4. The number of carbonyl (C=O) groups excluding carboxylic acids is 2. The maximum absolute atomic E-state index is 14.2. The summed E-state index contributed by atoms with van der Waals surface area (Å²) in [5.74, 6) is -1.28. The first-order chi connectivity index (χ1) is 20.9. The van der Waals surface area contributed by atoms with Crippen LogP contribution in [-0.2, 0) is 20.8 Å². The fraction of sp³-hybridized carbons (Fsp3) is 0.226. The molecule has 0 spiro atoms. The van der Waals surface area contributed by atoms with E-state index in [0.29, 0.717) is 55.5 Å². The molecule has 0 atom stereocenters. The summed E-state index contributed by atoms with van der Waals surface area (Å²) in [5.41, 5.74) is 0.0329. The van der Waals surface area contributed by atoms with E-state index in [0.717, 1.165) is 11.3 Å². The Balaban J connectivity index is 1.57. The molecule has 0 saturated carbocycles. The number of hydrogen-bond donors (Lipinski definition) is 1. The van der Waals surface area contributed by atoms with E-state index >= 15 is 0 Å². The molecule has 0 bridgehead atoms. The number of furan rings is 1. The average Bonchev–Trinajstić information content (AvgIpc) is 3.62. The van der Waals surface area contributed by atoms with Gasteiger partial charge in [0.25, 0.3) is 11.5 Å². The number of para-hydroxylation sites is 1. The van der Waals surface area contributed by atoms with Gasteiger partial charge in [-0.25, -0.2) is 9.18 Å². The van der Waals surface area contributed by atoms with Gasteiger partial charge in [-0.3, -0.25) is 19.1 Å². The lowest BCUT2D eigenvalue weighted by atomic mass is 10.1. The Morgan fingerprint density at radius 3 is 2.58 bits per heavy atom. The number of nitrogens with one attached hydrogen (secondary N) is 1. The zero-order chi connectivity index (χ0) is 30.3. The minimum Gasteiger partial charge on any atom is -0.465 e. The number of carbonyl (C=O) groups is 2. The van der Waals surface area contributed by atoms with Crippen LogP contribution in [-0.4, -0.2) is 61.3 Å². The van der Waals surface area contributed by atoms with E-state index in [1.54, 1.807) is 42.5 Å². The zero-order valence-corrected chi connectivity index (χ0v) is 24.0. The van der Waals surface area contributed by atoms with Crippen LogP contribution in [0.2, 0.25) is 0 Å². The van der Waals surface area contributed by atoms with Crippen LogP contribution in [0.25, 0.3) is 23.0 Å². The number of aromatic nitrogens is 1. The lowest BCUT2D eigenvalue weighted by Crippen LogP contribution is -2.41. The smallest absolute Gasteiger partial charge is 0.338 e. The summed E-state index contributed by atoms with van der Waals surface area (Å²) < 4.78 is 32.2. The van der Waals surface area contributed by atoms with Gasteiger partial charge >= 0.3 is 5.97 Å². The third-order valence-electron chi connectivity index (χ3n) is 6.82. The number of amides is 1. The zero-order valence-electron chi connectivity index (χ0n) is 23.2. The fourth-order valence-electron chi connectivity index (χ4n) is 4.61. The molecule has 5 rings (SSSR count). The topological polar surface area (TPSA) is 127 Å². The molecule has 10 nitrogen and oxygen atoms in total. The Bertz CT molecular complexity index is 1880. The second-order valence-corrected chi connectivity index (χ2v) is 10.5. The number of halogens is 1. The van der Waals surface area contributed by atoms with Gasteiger partial charge in [-0.2, -0.15) is 5.26 Å². The molecule has 0 radical (unpaired) electrons. The number of ether oxygens (including phenoxy) is 2. The number of morpholine rings is 1. The molecule has 1 N–H and O–H groups in total. The third kappa shape index (κ3) is 6.65. The first kappa shape index (κ1) is 29.7. The van der Waals surface area contributed by atoms with Gasteiger partial charge in [-0.05, 0) is 30.3 Å². The summed E-state index contributed by atoms with van der Waals surface area (Å²) in [4.78, 5) is 41.2. The van der Waals surface area contributed by atoms with Gasteiger partial charge in [0.1, 0.15) is 28.1 Å². The molecule has 3 heterocycles. The first-order valence-corrected chi connectivity index (χ1v) is 14.2. The van der Waals surface area contributed by atoms with Gasteiger partial charge < -0.3 is 19.2 Å². The molecule has 1 aliphatic heterocycles. The highest BCUT2D eigenvalue weighted by molar-refractivity contribution is 7.07. The number of rotatable bonds is 8. The van der Waals surface area contributed by atoms with Gasteiger partial charge in [0.15, 0.2) is 5.57 Å². The van der Waals surface area contributed by atoms with Crippen molar-refractivity contribution in [3.63, 3.8) is 0 Å². The molecule has 43 heavy (non-hydrogen) atoms. The van der Waals surface area contributed by atoms with Gasteiger partial charge in [0.2, 0.25) is 0 Å². The summed E-state index contributed by atoms with van der Waals surface area (Å²) in [5, 5.41) is 12.4. The highest BCUT2D eigenvalue weighted by atomic mass is 32.1. The summed E-state index contributed by atoms with van der Waals surface area (Å²) in [6.07, 6.45) is 1.52. The molecule has 0 unspecified atom stereocenters. The monoisotopic (exact) mass is 602 g/mol. The van der Waals surface area contributed by atoms with E-state index < -0.39 is 23.3 Å². The minimum atomic E-state index is -0.833. The highest BCUT2D eigenvalue weighted by Gasteiger charge is 2.19. The number of esters is 1. The Hall–Kier alpha value is -4.83. The van der Waals surface area contributed by atoms with Crippen molar-refractivity contribution >= 4 is 40.5 Å². The highest BCUT2D eigenvalue weighted by Crippen LogP contribution is 2.26. The van der Waals surface area contributed by atoms with Gasteiger partial charge in [0, 0.05) is 37.8 Å². The molecule has 1 saturated heterocycles. The van der Waals surface area contributed by atoms with Crippen LogP contribution < -0.4 is 20.1 Å². The quantitative estimate of drug-likeness (QED) is 0.305. The number of hydrogen-bond acceptors (Lipinski definition) is 9. The average molecular weight is 603 g/mol. The largest absolute Gasteiger partial charge is 0.465 e. The molecule has 220 valence electrons. The number of benzene rings is 2. The Kier molecular flexibility index (Phi) is 9.26. The molecule has 1 fully saturated rings. The maximum Gasteiger partial charge on any atom is 0.338 e. The van der Waals surface area contributed by atoms with Crippen LogP contribution >= 0.6 is 11.3 Å². The Morgan fingerprint density at radius 2 is 1.84 bits per heavy atom. The molecular formula is C31H27FN4O6S. The first-order valence-electron chi connectivity index (χ1n) is 13.4. The summed E-state index contributed by atoms with van der Waals surface area (Å²) in [6.45, 7) is 3.24. The van der Waals surface area contributed by atoms with Gasteiger partial charge in [0.05, 0.1) is 36.1 Å². The molecule has 1 amide bonds. The SMILES string of the molecule is COC(=O)c1ccccc1-c1ccc(/C=c2/s/c(=C(/C#N)C(=O)Nc3ccccc3F)n(CCN3CCOCC3)c2=O)o1. The van der Waals surface area contributed by atoms with E-state index in [4.69, 9.17) is 13.9 Å². The van der Waals surface area contributed by atoms with Crippen molar-refractivity contribution in [2.75, 3.05) is 45.3 Å². The van der Waals surface area contributed by atoms with Gasteiger partial charge in [-0.15, -0.1) is 11.3 Å². The van der Waals surface area contributed by atoms with E-state index in [1.807, 2.05) is 6.07 Å². The van der Waals surface area contributed by atoms with Crippen molar-refractivity contribution in [1.82, 2.24) is 9.47 Å². The number of nitrogens with zero attached hydrogens (tertiary/aromatic N) is 3. The second-order valence-electron chi connectivity index (χ2n) is 9.49. The molecule has 2 aromatic heterocycles. The lowest BCUT2D eigenvalue weighted by Gasteiger charge is -2.26. The summed E-state index contributed by atoms with van der Waals surface area (Å²) in [6, 6.07) is 17.7. The minimum absolute atomic E-state index is 0.0823. The van der Waals surface area contributed by atoms with E-state index in [2.05, 4.69) is 10.2 Å². The number of thiazole rings is 1. The number of anilines is 1. The van der Waals surface area contributed by atoms with Crippen molar-refractivity contribution in [2.45, 2.75) is 6.54 Å². The normalized spacial score (nSPS) is 14.7. The van der Waals surface area contributed by atoms with Crippen LogP contribution in [0.15, 0.2) is 69.9 Å². The molecule has 12 heteroatoms. The molecule has 2 aromatic carbocycles. The van der Waals surface area contributed by atoms with E-state index in [1.165, 1.54) is 36.0 Å². The van der Waals surface area contributed by atoms with Crippen molar-refractivity contribution in [1.29, 1.82) is 5.26 Å². The van der Waals surface area contributed by atoms with Crippen LogP contribution in [0.3, 0.4) is 0 Å². The maximum atomic E-state index is 14.2. The van der Waals surface area contributed by atoms with Crippen LogP contribution in [0.4, 0.5) is 10.1 Å². The molecule has 0 aliphatic carbocycles. The van der Waals surface area contributed by atoms with E-state index in [9.17, 15) is 24.0 Å². The predicted octanol–water partition coefficient (Wildman–Crippen LogP) is 2.57.